The zero-order chi connectivity index (χ0) is 13.3. The van der Waals surface area contributed by atoms with Crippen LogP contribution in [0.25, 0.3) is 0 Å². The molecule has 2 fully saturated rings. The van der Waals surface area contributed by atoms with Crippen LogP contribution < -0.4 is 15.8 Å². The summed E-state index contributed by atoms with van der Waals surface area (Å²) in [5, 5.41) is 4.55. The molecule has 2 aliphatic rings. The Kier molecular flexibility index (Phi) is 3.14. The van der Waals surface area contributed by atoms with Crippen molar-refractivity contribution in [1.29, 1.82) is 0 Å². The number of rotatable bonds is 1. The molecule has 1 aliphatic heterocycles. The number of hydrogen-bond donors (Lipinski definition) is 2. The summed E-state index contributed by atoms with van der Waals surface area (Å²) in [6, 6.07) is 5.79. The zero-order valence-electron chi connectivity index (χ0n) is 10.8. The third-order valence-electron chi connectivity index (χ3n) is 3.92. The first-order valence-electron chi connectivity index (χ1n) is 6.84. The standard InChI is InChI=1S/C14H18FN3O/c15-11-5-7-12(8-6-11)18-13(19)16-14(17-18)9-3-1-2-4-10-14/h5-8,17H,1-4,9-10H2,(H,16,19). The number of hydrogen-bond acceptors (Lipinski definition) is 2. The summed E-state index contributed by atoms with van der Waals surface area (Å²) in [6.07, 6.45) is 6.55. The van der Waals surface area contributed by atoms with E-state index in [0.717, 1.165) is 25.7 Å². The van der Waals surface area contributed by atoms with E-state index >= 15 is 0 Å². The van der Waals surface area contributed by atoms with Gasteiger partial charge >= 0.3 is 6.03 Å². The molecule has 1 saturated carbocycles. The molecular formula is C14H18FN3O. The molecule has 0 radical (unpaired) electrons. The van der Waals surface area contributed by atoms with Gasteiger partial charge in [0, 0.05) is 0 Å². The minimum absolute atomic E-state index is 0.159. The first kappa shape index (κ1) is 12.4. The Morgan fingerprint density at radius 3 is 2.32 bits per heavy atom. The van der Waals surface area contributed by atoms with Crippen LogP contribution in [0.4, 0.5) is 14.9 Å². The Balaban J connectivity index is 1.81. The van der Waals surface area contributed by atoms with Gasteiger partial charge in [0.05, 0.1) is 5.69 Å². The van der Waals surface area contributed by atoms with Crippen LogP contribution in [0.2, 0.25) is 0 Å². The molecule has 0 unspecified atom stereocenters. The average Bonchev–Trinajstić information content (AvgIpc) is 2.58. The van der Waals surface area contributed by atoms with Crippen LogP contribution in [0, 0.1) is 5.82 Å². The molecule has 0 bridgehead atoms. The van der Waals surface area contributed by atoms with Crippen molar-refractivity contribution >= 4 is 11.7 Å². The number of benzene rings is 1. The molecule has 1 aromatic carbocycles. The van der Waals surface area contributed by atoms with Gasteiger partial charge < -0.3 is 5.32 Å². The smallest absolute Gasteiger partial charge is 0.317 e. The highest BCUT2D eigenvalue weighted by molar-refractivity contribution is 5.93. The van der Waals surface area contributed by atoms with E-state index in [4.69, 9.17) is 0 Å². The molecule has 1 heterocycles. The van der Waals surface area contributed by atoms with E-state index in [1.165, 1.54) is 30.0 Å². The highest BCUT2D eigenvalue weighted by Gasteiger charge is 2.42. The molecule has 1 spiro atoms. The summed E-state index contributed by atoms with van der Waals surface area (Å²) in [4.78, 5) is 12.1. The van der Waals surface area contributed by atoms with Gasteiger partial charge in [0.15, 0.2) is 0 Å². The third-order valence-corrected chi connectivity index (χ3v) is 3.92. The summed E-state index contributed by atoms with van der Waals surface area (Å²) in [6.45, 7) is 0. The highest BCUT2D eigenvalue weighted by Crippen LogP contribution is 2.30. The lowest BCUT2D eigenvalue weighted by Gasteiger charge is -2.28. The van der Waals surface area contributed by atoms with Crippen molar-refractivity contribution in [2.24, 2.45) is 0 Å². The largest absolute Gasteiger partial charge is 0.338 e. The van der Waals surface area contributed by atoms with Crippen LogP contribution in [0.15, 0.2) is 24.3 Å². The van der Waals surface area contributed by atoms with E-state index in [9.17, 15) is 9.18 Å². The molecule has 4 nitrogen and oxygen atoms in total. The Morgan fingerprint density at radius 1 is 1.05 bits per heavy atom. The van der Waals surface area contributed by atoms with Crippen LogP contribution in [0.1, 0.15) is 38.5 Å². The molecule has 102 valence electrons. The minimum Gasteiger partial charge on any atom is -0.317 e. The van der Waals surface area contributed by atoms with Gasteiger partial charge in [-0.05, 0) is 49.9 Å². The minimum atomic E-state index is -0.317. The molecular weight excluding hydrogens is 245 g/mol. The van der Waals surface area contributed by atoms with Crippen LogP contribution in [0.3, 0.4) is 0 Å². The Bertz CT molecular complexity index is 466. The van der Waals surface area contributed by atoms with Crippen LogP contribution >= 0.6 is 0 Å². The quantitative estimate of drug-likeness (QED) is 0.818. The van der Waals surface area contributed by atoms with Gasteiger partial charge in [-0.15, -0.1) is 0 Å². The average molecular weight is 263 g/mol. The van der Waals surface area contributed by atoms with E-state index in [-0.39, 0.29) is 17.5 Å². The lowest BCUT2D eigenvalue weighted by Crippen LogP contribution is -2.50. The predicted molar refractivity (Wildman–Crippen MR) is 71.0 cm³/mol. The van der Waals surface area contributed by atoms with E-state index in [1.54, 1.807) is 12.1 Å². The van der Waals surface area contributed by atoms with Crippen molar-refractivity contribution in [1.82, 2.24) is 10.7 Å². The number of amides is 2. The number of nitrogens with zero attached hydrogens (tertiary/aromatic N) is 1. The molecule has 5 heteroatoms. The molecule has 0 aromatic heterocycles. The van der Waals surface area contributed by atoms with Crippen LogP contribution in [-0.4, -0.2) is 11.7 Å². The second kappa shape index (κ2) is 4.81. The zero-order valence-corrected chi connectivity index (χ0v) is 10.8. The molecule has 2 amide bonds. The number of nitrogens with one attached hydrogen (secondary N) is 2. The maximum absolute atomic E-state index is 12.9. The topological polar surface area (TPSA) is 44.4 Å². The molecule has 1 aliphatic carbocycles. The first-order valence-corrected chi connectivity index (χ1v) is 6.84. The van der Waals surface area contributed by atoms with Crippen molar-refractivity contribution in [2.75, 3.05) is 5.01 Å². The van der Waals surface area contributed by atoms with E-state index < -0.39 is 0 Å². The van der Waals surface area contributed by atoms with E-state index in [1.807, 2.05) is 0 Å². The van der Waals surface area contributed by atoms with Crippen molar-refractivity contribution in [3.63, 3.8) is 0 Å². The van der Waals surface area contributed by atoms with Crippen LogP contribution in [0.5, 0.6) is 0 Å². The van der Waals surface area contributed by atoms with Gasteiger partial charge in [-0.2, -0.15) is 0 Å². The number of urea groups is 1. The molecule has 0 atom stereocenters. The first-order chi connectivity index (χ1) is 9.19. The van der Waals surface area contributed by atoms with Gasteiger partial charge in [-0.3, -0.25) is 0 Å². The second-order valence-electron chi connectivity index (χ2n) is 5.35. The van der Waals surface area contributed by atoms with Crippen molar-refractivity contribution in [3.05, 3.63) is 30.1 Å². The van der Waals surface area contributed by atoms with E-state index in [2.05, 4.69) is 10.7 Å². The van der Waals surface area contributed by atoms with Crippen molar-refractivity contribution in [2.45, 2.75) is 44.2 Å². The van der Waals surface area contributed by atoms with Gasteiger partial charge in [-0.1, -0.05) is 12.8 Å². The molecule has 1 aromatic rings. The molecule has 2 N–H and O–H groups in total. The Hall–Kier alpha value is -1.62. The van der Waals surface area contributed by atoms with Gasteiger partial charge in [0.2, 0.25) is 0 Å². The fourth-order valence-corrected chi connectivity index (χ4v) is 2.89. The number of carbonyl (C=O) groups is 1. The molecule has 19 heavy (non-hydrogen) atoms. The van der Waals surface area contributed by atoms with Gasteiger partial charge in [0.25, 0.3) is 0 Å². The normalized spacial score (nSPS) is 22.4. The van der Waals surface area contributed by atoms with Crippen molar-refractivity contribution < 1.29 is 9.18 Å². The highest BCUT2D eigenvalue weighted by atomic mass is 19.1. The summed E-state index contributed by atoms with van der Waals surface area (Å²) in [5.74, 6) is -0.299. The van der Waals surface area contributed by atoms with Gasteiger partial charge in [-0.25, -0.2) is 19.6 Å². The number of anilines is 1. The SMILES string of the molecule is O=C1NC2(CCCCCC2)NN1c1ccc(F)cc1. The Labute approximate surface area is 111 Å². The van der Waals surface area contributed by atoms with E-state index in [0.29, 0.717) is 5.69 Å². The maximum atomic E-state index is 12.9. The molecule has 3 rings (SSSR count). The lowest BCUT2D eigenvalue weighted by atomic mass is 10.0. The second-order valence-corrected chi connectivity index (χ2v) is 5.35. The fourth-order valence-electron chi connectivity index (χ4n) is 2.89. The maximum Gasteiger partial charge on any atom is 0.338 e. The third kappa shape index (κ3) is 2.42. The summed E-state index contributed by atoms with van der Waals surface area (Å²) in [7, 11) is 0. The van der Waals surface area contributed by atoms with Crippen molar-refractivity contribution in [3.8, 4) is 0 Å². The number of halogens is 1. The number of hydrazine groups is 1. The summed E-state index contributed by atoms with van der Waals surface area (Å²) < 4.78 is 12.9. The predicted octanol–water partition coefficient (Wildman–Crippen LogP) is 2.91. The molecule has 1 saturated heterocycles. The summed E-state index contributed by atoms with van der Waals surface area (Å²) in [5.41, 5.74) is 3.63. The summed E-state index contributed by atoms with van der Waals surface area (Å²) >= 11 is 0. The van der Waals surface area contributed by atoms with Crippen LogP contribution in [-0.2, 0) is 0 Å². The van der Waals surface area contributed by atoms with Gasteiger partial charge in [0.1, 0.15) is 11.5 Å². The number of carbonyl (C=O) groups excluding carboxylic acids is 1. The fraction of sp³-hybridized carbons (Fsp3) is 0.500. The Morgan fingerprint density at radius 2 is 1.68 bits per heavy atom. The lowest BCUT2D eigenvalue weighted by molar-refractivity contribution is 0.241. The monoisotopic (exact) mass is 263 g/mol.